The number of amides is 1. The first-order valence-electron chi connectivity index (χ1n) is 9.42. The quantitative estimate of drug-likeness (QED) is 0.742. The van der Waals surface area contributed by atoms with Crippen molar-refractivity contribution in [2.75, 3.05) is 26.2 Å². The second-order valence-corrected chi connectivity index (χ2v) is 7.77. The third-order valence-corrected chi connectivity index (χ3v) is 4.26. The third kappa shape index (κ3) is 8.04. The Morgan fingerprint density at radius 3 is 2.46 bits per heavy atom. The fraction of sp³-hybridized carbons (Fsp3) is 0.650. The SMILES string of the molecule is CC(C)(C)OC(=O)NC1CCN(CCCCOc2ccc(F)cc2)CC1. The summed E-state index contributed by atoms with van der Waals surface area (Å²) >= 11 is 0. The number of rotatable bonds is 7. The monoisotopic (exact) mass is 366 g/mol. The summed E-state index contributed by atoms with van der Waals surface area (Å²) in [5.74, 6) is 0.461. The largest absolute Gasteiger partial charge is 0.494 e. The van der Waals surface area contributed by atoms with Gasteiger partial charge < -0.3 is 19.7 Å². The summed E-state index contributed by atoms with van der Waals surface area (Å²) in [5, 5.41) is 2.96. The number of carbonyl (C=O) groups excluding carboxylic acids is 1. The topological polar surface area (TPSA) is 50.8 Å². The molecule has 0 bridgehead atoms. The van der Waals surface area contributed by atoms with Crippen LogP contribution in [-0.2, 0) is 4.74 Å². The van der Waals surface area contributed by atoms with E-state index in [4.69, 9.17) is 9.47 Å². The molecule has 1 heterocycles. The lowest BCUT2D eigenvalue weighted by Crippen LogP contribution is -2.46. The van der Waals surface area contributed by atoms with Crippen LogP contribution >= 0.6 is 0 Å². The summed E-state index contributed by atoms with van der Waals surface area (Å²) in [5.41, 5.74) is -0.458. The Hall–Kier alpha value is -1.82. The highest BCUT2D eigenvalue weighted by Crippen LogP contribution is 2.14. The Morgan fingerprint density at radius 2 is 1.85 bits per heavy atom. The molecule has 1 aliphatic rings. The molecular weight excluding hydrogens is 335 g/mol. The number of nitrogens with zero attached hydrogens (tertiary/aromatic N) is 1. The van der Waals surface area contributed by atoms with Crippen LogP contribution in [-0.4, -0.2) is 48.9 Å². The maximum absolute atomic E-state index is 12.8. The lowest BCUT2D eigenvalue weighted by Gasteiger charge is -2.32. The minimum atomic E-state index is -0.458. The Labute approximate surface area is 155 Å². The predicted molar refractivity (Wildman–Crippen MR) is 100.0 cm³/mol. The Kier molecular flexibility index (Phi) is 7.69. The Balaban J connectivity index is 1.53. The van der Waals surface area contributed by atoms with Crippen LogP contribution in [0.25, 0.3) is 0 Å². The third-order valence-electron chi connectivity index (χ3n) is 4.26. The first kappa shape index (κ1) is 20.5. The number of benzene rings is 1. The normalized spacial score (nSPS) is 16.3. The number of hydrogen-bond donors (Lipinski definition) is 1. The molecule has 2 rings (SSSR count). The fourth-order valence-electron chi connectivity index (χ4n) is 2.93. The van der Waals surface area contributed by atoms with Crippen LogP contribution in [0.4, 0.5) is 9.18 Å². The summed E-state index contributed by atoms with van der Waals surface area (Å²) in [6, 6.07) is 6.31. The molecule has 26 heavy (non-hydrogen) atoms. The van der Waals surface area contributed by atoms with Gasteiger partial charge in [-0.15, -0.1) is 0 Å². The number of nitrogens with one attached hydrogen (secondary N) is 1. The molecular formula is C20H31FN2O3. The maximum Gasteiger partial charge on any atom is 0.407 e. The number of carbonyl (C=O) groups is 1. The van der Waals surface area contributed by atoms with Crippen LogP contribution in [0, 0.1) is 5.82 Å². The molecule has 5 nitrogen and oxygen atoms in total. The number of halogens is 1. The lowest BCUT2D eigenvalue weighted by atomic mass is 10.0. The van der Waals surface area contributed by atoms with E-state index in [9.17, 15) is 9.18 Å². The van der Waals surface area contributed by atoms with E-state index in [2.05, 4.69) is 10.2 Å². The van der Waals surface area contributed by atoms with Crippen LogP contribution in [0.2, 0.25) is 0 Å². The molecule has 6 heteroatoms. The van der Waals surface area contributed by atoms with Crippen molar-refractivity contribution in [3.05, 3.63) is 30.1 Å². The van der Waals surface area contributed by atoms with Crippen LogP contribution in [0.5, 0.6) is 5.75 Å². The van der Waals surface area contributed by atoms with E-state index in [0.717, 1.165) is 45.3 Å². The molecule has 1 N–H and O–H groups in total. The molecule has 1 amide bonds. The van der Waals surface area contributed by atoms with Crippen molar-refractivity contribution in [3.63, 3.8) is 0 Å². The zero-order chi connectivity index (χ0) is 19.0. The van der Waals surface area contributed by atoms with E-state index >= 15 is 0 Å². The van der Waals surface area contributed by atoms with E-state index in [1.807, 2.05) is 20.8 Å². The average molecular weight is 366 g/mol. The number of piperidine rings is 1. The van der Waals surface area contributed by atoms with Gasteiger partial charge in [-0.2, -0.15) is 0 Å². The highest BCUT2D eigenvalue weighted by molar-refractivity contribution is 5.68. The number of ether oxygens (including phenoxy) is 2. The smallest absolute Gasteiger partial charge is 0.407 e. The minimum absolute atomic E-state index is 0.197. The van der Waals surface area contributed by atoms with Crippen LogP contribution in [0.3, 0.4) is 0 Å². The molecule has 0 aromatic heterocycles. The summed E-state index contributed by atoms with van der Waals surface area (Å²) in [4.78, 5) is 14.2. The van der Waals surface area contributed by atoms with Gasteiger partial charge in [0, 0.05) is 19.1 Å². The molecule has 0 spiro atoms. The molecule has 146 valence electrons. The Bertz CT molecular complexity index is 549. The van der Waals surface area contributed by atoms with Gasteiger partial charge in [-0.1, -0.05) is 0 Å². The van der Waals surface area contributed by atoms with Crippen LogP contribution in [0.15, 0.2) is 24.3 Å². The number of alkyl carbamates (subject to hydrolysis) is 1. The molecule has 0 saturated carbocycles. The zero-order valence-electron chi connectivity index (χ0n) is 16.1. The number of hydrogen-bond acceptors (Lipinski definition) is 4. The zero-order valence-corrected chi connectivity index (χ0v) is 16.1. The molecule has 1 aliphatic heterocycles. The number of likely N-dealkylation sites (tertiary alicyclic amines) is 1. The van der Waals surface area contributed by atoms with Gasteiger partial charge in [0.25, 0.3) is 0 Å². The van der Waals surface area contributed by atoms with Crippen molar-refractivity contribution < 1.29 is 18.7 Å². The lowest BCUT2D eigenvalue weighted by molar-refractivity contribution is 0.0478. The summed E-state index contributed by atoms with van der Waals surface area (Å²) in [7, 11) is 0. The van der Waals surface area contributed by atoms with E-state index in [1.165, 1.54) is 12.1 Å². The van der Waals surface area contributed by atoms with Crippen molar-refractivity contribution >= 4 is 6.09 Å². The minimum Gasteiger partial charge on any atom is -0.494 e. The van der Waals surface area contributed by atoms with Gasteiger partial charge in [0.2, 0.25) is 0 Å². The average Bonchev–Trinajstić information content (AvgIpc) is 2.56. The van der Waals surface area contributed by atoms with Crippen molar-refractivity contribution in [2.45, 2.75) is 58.1 Å². The van der Waals surface area contributed by atoms with Crippen LogP contribution < -0.4 is 10.1 Å². The van der Waals surface area contributed by atoms with E-state index in [1.54, 1.807) is 12.1 Å². The van der Waals surface area contributed by atoms with E-state index < -0.39 is 5.60 Å². The number of unbranched alkanes of at least 4 members (excludes halogenated alkanes) is 1. The van der Waals surface area contributed by atoms with Gasteiger partial charge in [-0.25, -0.2) is 9.18 Å². The summed E-state index contributed by atoms with van der Waals surface area (Å²) in [6.07, 6.45) is 3.60. The molecule has 1 fully saturated rings. The van der Waals surface area contributed by atoms with Gasteiger partial charge in [0.05, 0.1) is 6.61 Å². The van der Waals surface area contributed by atoms with Crippen molar-refractivity contribution in [1.29, 1.82) is 0 Å². The van der Waals surface area contributed by atoms with Crippen molar-refractivity contribution in [3.8, 4) is 5.75 Å². The molecule has 0 aliphatic carbocycles. The summed E-state index contributed by atoms with van der Waals surface area (Å²) in [6.45, 7) is 9.26. The molecule has 1 saturated heterocycles. The first-order valence-corrected chi connectivity index (χ1v) is 9.42. The highest BCUT2D eigenvalue weighted by Gasteiger charge is 2.23. The van der Waals surface area contributed by atoms with Gasteiger partial charge in [0.1, 0.15) is 17.2 Å². The molecule has 0 unspecified atom stereocenters. The predicted octanol–water partition coefficient (Wildman–Crippen LogP) is 3.97. The fourth-order valence-corrected chi connectivity index (χ4v) is 2.93. The molecule has 1 aromatic carbocycles. The van der Waals surface area contributed by atoms with Gasteiger partial charge in [-0.3, -0.25) is 0 Å². The highest BCUT2D eigenvalue weighted by atomic mass is 19.1. The van der Waals surface area contributed by atoms with E-state index in [-0.39, 0.29) is 18.0 Å². The van der Waals surface area contributed by atoms with Crippen LogP contribution in [0.1, 0.15) is 46.5 Å². The maximum atomic E-state index is 12.8. The second-order valence-electron chi connectivity index (χ2n) is 7.77. The molecule has 0 atom stereocenters. The standard InChI is InChI=1S/C20H31FN2O3/c1-20(2,3)26-19(24)22-17-10-13-23(14-11-17)12-4-5-15-25-18-8-6-16(21)7-9-18/h6-9,17H,4-5,10-15H2,1-3H3,(H,22,24). The first-order chi connectivity index (χ1) is 12.3. The van der Waals surface area contributed by atoms with Crippen molar-refractivity contribution in [2.24, 2.45) is 0 Å². The Morgan fingerprint density at radius 1 is 1.19 bits per heavy atom. The van der Waals surface area contributed by atoms with Crippen molar-refractivity contribution in [1.82, 2.24) is 10.2 Å². The van der Waals surface area contributed by atoms with Gasteiger partial charge in [0.15, 0.2) is 0 Å². The molecule has 1 aromatic rings. The summed E-state index contributed by atoms with van der Waals surface area (Å²) < 4.78 is 23.7. The van der Waals surface area contributed by atoms with Gasteiger partial charge in [-0.05, 0) is 77.3 Å². The second kappa shape index (κ2) is 9.76. The van der Waals surface area contributed by atoms with Gasteiger partial charge >= 0.3 is 6.09 Å². The van der Waals surface area contributed by atoms with E-state index in [0.29, 0.717) is 12.4 Å². The molecule has 0 radical (unpaired) electrons.